The first-order chi connectivity index (χ1) is 18.1. The van der Waals surface area contributed by atoms with Crippen molar-refractivity contribution in [2.45, 2.75) is 26.5 Å². The minimum atomic E-state index is -1.28. The van der Waals surface area contributed by atoms with Gasteiger partial charge in [0, 0.05) is 41.8 Å². The lowest BCUT2D eigenvalue weighted by Crippen LogP contribution is -2.45. The van der Waals surface area contributed by atoms with Gasteiger partial charge in [-0.15, -0.1) is 0 Å². The predicted molar refractivity (Wildman–Crippen MR) is 149 cm³/mol. The van der Waals surface area contributed by atoms with Crippen LogP contribution in [0.5, 0.6) is 5.75 Å². The molecule has 5 heteroatoms. The van der Waals surface area contributed by atoms with Gasteiger partial charge >= 0.3 is 5.97 Å². The van der Waals surface area contributed by atoms with Gasteiger partial charge in [-0.05, 0) is 63.2 Å². The van der Waals surface area contributed by atoms with Crippen molar-refractivity contribution in [2.24, 2.45) is 0 Å². The third-order valence-electron chi connectivity index (χ3n) is 6.85. The molecule has 4 aromatic carbocycles. The van der Waals surface area contributed by atoms with Crippen LogP contribution in [0, 0.1) is 0 Å². The van der Waals surface area contributed by atoms with Crippen molar-refractivity contribution in [3.05, 3.63) is 120 Å². The second-order valence-electron chi connectivity index (χ2n) is 8.87. The van der Waals surface area contributed by atoms with Crippen LogP contribution in [0.15, 0.2) is 103 Å². The molecule has 188 valence electrons. The zero-order valence-corrected chi connectivity index (χ0v) is 21.6. The zero-order chi connectivity index (χ0) is 25.8. The number of hydrogen-bond acceptors (Lipinski definition) is 5. The number of benzene rings is 4. The van der Waals surface area contributed by atoms with E-state index in [4.69, 9.17) is 9.47 Å². The van der Waals surface area contributed by atoms with Gasteiger partial charge in [-0.25, -0.2) is 4.79 Å². The van der Waals surface area contributed by atoms with E-state index in [9.17, 15) is 4.79 Å². The summed E-state index contributed by atoms with van der Waals surface area (Å²) in [6, 6.07) is 33.9. The van der Waals surface area contributed by atoms with Crippen LogP contribution in [0.3, 0.4) is 0 Å². The molecule has 1 heterocycles. The summed E-state index contributed by atoms with van der Waals surface area (Å²) >= 11 is 0. The summed E-state index contributed by atoms with van der Waals surface area (Å²) in [5.41, 5.74) is 3.69. The fraction of sp³-hybridized carbons (Fsp3) is 0.219. The third-order valence-corrected chi connectivity index (χ3v) is 6.85. The van der Waals surface area contributed by atoms with Gasteiger partial charge in [0.2, 0.25) is 5.72 Å². The highest BCUT2D eigenvalue weighted by atomic mass is 16.6. The Morgan fingerprint density at radius 2 is 1.30 bits per heavy atom. The van der Waals surface area contributed by atoms with Gasteiger partial charge in [0.25, 0.3) is 0 Å². The quantitative estimate of drug-likeness (QED) is 0.232. The van der Waals surface area contributed by atoms with E-state index in [1.807, 2.05) is 97.9 Å². The molecule has 1 aliphatic rings. The molecular formula is C32H32N2O3. The predicted octanol–water partition coefficient (Wildman–Crippen LogP) is 7.14. The minimum absolute atomic E-state index is 0.359. The Labute approximate surface area is 218 Å². The topological polar surface area (TPSA) is 42.0 Å². The lowest BCUT2D eigenvalue weighted by molar-refractivity contribution is 0.0124. The largest absolute Gasteiger partial charge is 0.493 e. The molecule has 1 atom stereocenters. The molecule has 0 spiro atoms. The van der Waals surface area contributed by atoms with Crippen LogP contribution in [0.4, 0.5) is 17.1 Å². The number of hydrogen-bond donors (Lipinski definition) is 0. The van der Waals surface area contributed by atoms with Gasteiger partial charge in [-0.1, -0.05) is 54.6 Å². The number of cyclic esters (lactones) is 1. The average Bonchev–Trinajstić information content (AvgIpc) is 3.24. The van der Waals surface area contributed by atoms with E-state index < -0.39 is 5.72 Å². The molecule has 4 aromatic rings. The number of carbonyl (C=O) groups is 1. The van der Waals surface area contributed by atoms with Crippen molar-refractivity contribution in [3.63, 3.8) is 0 Å². The molecule has 0 saturated heterocycles. The number of carbonyl (C=O) groups excluding carboxylic acids is 1. The van der Waals surface area contributed by atoms with E-state index in [-0.39, 0.29) is 5.97 Å². The number of esters is 1. The standard InChI is InChI=1S/C32H32N2O3/c1-4-33(5-2)26-21-22-29(30(23-26)36-6-3)32(28-20-14-13-19-27(28)31(35)37-32)34(24-15-9-7-10-16-24)25-17-11-8-12-18-25/h7-23H,4-6H2,1-3H3. The Bertz CT molecular complexity index is 1330. The summed E-state index contributed by atoms with van der Waals surface area (Å²) in [5, 5.41) is 0. The summed E-state index contributed by atoms with van der Waals surface area (Å²) in [4.78, 5) is 17.8. The van der Waals surface area contributed by atoms with E-state index in [1.165, 1.54) is 0 Å². The molecule has 0 aliphatic carbocycles. The highest BCUT2D eigenvalue weighted by Crippen LogP contribution is 2.52. The van der Waals surface area contributed by atoms with Crippen molar-refractivity contribution in [3.8, 4) is 5.75 Å². The van der Waals surface area contributed by atoms with E-state index in [2.05, 4.69) is 35.8 Å². The Morgan fingerprint density at radius 3 is 1.89 bits per heavy atom. The normalized spacial score (nSPS) is 16.1. The van der Waals surface area contributed by atoms with Crippen LogP contribution >= 0.6 is 0 Å². The summed E-state index contributed by atoms with van der Waals surface area (Å²) < 4.78 is 12.8. The molecule has 5 nitrogen and oxygen atoms in total. The molecule has 0 N–H and O–H groups in total. The molecule has 1 unspecified atom stereocenters. The highest BCUT2D eigenvalue weighted by molar-refractivity contribution is 5.97. The maximum absolute atomic E-state index is 13.5. The number of rotatable bonds is 9. The fourth-order valence-electron chi connectivity index (χ4n) is 5.21. The lowest BCUT2D eigenvalue weighted by Gasteiger charge is -2.42. The van der Waals surface area contributed by atoms with E-state index in [0.29, 0.717) is 17.9 Å². The molecule has 1 aliphatic heterocycles. The summed E-state index contributed by atoms with van der Waals surface area (Å²) in [7, 11) is 0. The Hall–Kier alpha value is -4.25. The SMILES string of the molecule is CCOc1cc(N(CC)CC)ccc1C1(N(c2ccccc2)c2ccccc2)OC(=O)c2ccccc21. The van der Waals surface area contributed by atoms with E-state index in [1.54, 1.807) is 0 Å². The van der Waals surface area contributed by atoms with Gasteiger partial charge in [0.15, 0.2) is 0 Å². The Morgan fingerprint density at radius 1 is 0.703 bits per heavy atom. The van der Waals surface area contributed by atoms with Crippen LogP contribution in [-0.4, -0.2) is 25.7 Å². The van der Waals surface area contributed by atoms with Gasteiger partial charge in [-0.2, -0.15) is 0 Å². The number of anilines is 3. The van der Waals surface area contributed by atoms with Crippen molar-refractivity contribution in [2.75, 3.05) is 29.5 Å². The second kappa shape index (κ2) is 10.4. The lowest BCUT2D eigenvalue weighted by atomic mass is 9.89. The molecule has 0 saturated carbocycles. The number of para-hydroxylation sites is 2. The molecular weight excluding hydrogens is 460 g/mol. The van der Waals surface area contributed by atoms with Gasteiger partial charge in [0.1, 0.15) is 5.75 Å². The average molecular weight is 493 g/mol. The monoisotopic (exact) mass is 492 g/mol. The summed E-state index contributed by atoms with van der Waals surface area (Å²) in [6.07, 6.45) is 0. The maximum Gasteiger partial charge on any atom is 0.341 e. The van der Waals surface area contributed by atoms with E-state index >= 15 is 0 Å². The van der Waals surface area contributed by atoms with Crippen LogP contribution in [-0.2, 0) is 10.5 Å². The number of fused-ring (bicyclic) bond motifs is 1. The first kappa shape index (κ1) is 24.4. The highest BCUT2D eigenvalue weighted by Gasteiger charge is 2.54. The van der Waals surface area contributed by atoms with Crippen molar-refractivity contribution < 1.29 is 14.3 Å². The van der Waals surface area contributed by atoms with Crippen LogP contribution in [0.25, 0.3) is 0 Å². The van der Waals surface area contributed by atoms with Gasteiger partial charge < -0.3 is 14.4 Å². The molecule has 37 heavy (non-hydrogen) atoms. The van der Waals surface area contributed by atoms with Crippen molar-refractivity contribution >= 4 is 23.0 Å². The Balaban J connectivity index is 1.85. The first-order valence-electron chi connectivity index (χ1n) is 12.9. The molecule has 0 aromatic heterocycles. The van der Waals surface area contributed by atoms with Crippen LogP contribution < -0.4 is 14.5 Å². The van der Waals surface area contributed by atoms with Gasteiger partial charge in [-0.3, -0.25) is 4.90 Å². The number of nitrogens with zero attached hydrogens (tertiary/aromatic N) is 2. The molecule has 0 bridgehead atoms. The molecule has 0 fully saturated rings. The first-order valence-corrected chi connectivity index (χ1v) is 12.9. The maximum atomic E-state index is 13.5. The smallest absolute Gasteiger partial charge is 0.341 e. The fourth-order valence-corrected chi connectivity index (χ4v) is 5.21. The molecule has 0 amide bonds. The third kappa shape index (κ3) is 4.20. The van der Waals surface area contributed by atoms with Crippen LogP contribution in [0.2, 0.25) is 0 Å². The summed E-state index contributed by atoms with van der Waals surface area (Å²) in [6.45, 7) is 8.50. The van der Waals surface area contributed by atoms with E-state index in [0.717, 1.165) is 41.3 Å². The zero-order valence-electron chi connectivity index (χ0n) is 21.6. The minimum Gasteiger partial charge on any atom is -0.493 e. The number of ether oxygens (including phenoxy) is 2. The Kier molecular flexibility index (Phi) is 6.87. The van der Waals surface area contributed by atoms with Gasteiger partial charge in [0.05, 0.1) is 17.7 Å². The second-order valence-corrected chi connectivity index (χ2v) is 8.87. The van der Waals surface area contributed by atoms with Crippen molar-refractivity contribution in [1.82, 2.24) is 0 Å². The molecule has 0 radical (unpaired) electrons. The molecule has 5 rings (SSSR count). The van der Waals surface area contributed by atoms with Crippen molar-refractivity contribution in [1.29, 1.82) is 0 Å². The van der Waals surface area contributed by atoms with Crippen LogP contribution in [0.1, 0.15) is 42.3 Å². The summed E-state index contributed by atoms with van der Waals surface area (Å²) in [5.74, 6) is 0.330.